The molecule has 0 aliphatic heterocycles. The highest BCUT2D eigenvalue weighted by Crippen LogP contribution is 2.11. The van der Waals surface area contributed by atoms with Crippen LogP contribution in [0.3, 0.4) is 0 Å². The first kappa shape index (κ1) is 14.5. The van der Waals surface area contributed by atoms with Crippen molar-refractivity contribution in [2.45, 2.75) is 58.8 Å². The van der Waals surface area contributed by atoms with Gasteiger partial charge in [-0.2, -0.15) is 0 Å². The van der Waals surface area contributed by atoms with Gasteiger partial charge >= 0.3 is 0 Å². The molecule has 0 rings (SSSR count). The fourth-order valence-electron chi connectivity index (χ4n) is 1.67. The average molecular weight is 213 g/mol. The Balaban J connectivity index is 3.02. The molecule has 0 aliphatic carbocycles. The van der Waals surface area contributed by atoms with E-state index in [-0.39, 0.29) is 0 Å². The lowest BCUT2D eigenvalue weighted by atomic mass is 10.0. The lowest BCUT2D eigenvalue weighted by Gasteiger charge is -2.09. The summed E-state index contributed by atoms with van der Waals surface area (Å²) in [4.78, 5) is 12.0. The van der Waals surface area contributed by atoms with E-state index in [1.54, 1.807) is 4.90 Å². The van der Waals surface area contributed by atoms with Gasteiger partial charge in [0.15, 0.2) is 0 Å². The van der Waals surface area contributed by atoms with E-state index in [9.17, 15) is 4.79 Å². The number of carbonyl (C=O) groups excluding carboxylic acids is 1. The van der Waals surface area contributed by atoms with Crippen molar-refractivity contribution in [2.24, 2.45) is 5.92 Å². The van der Waals surface area contributed by atoms with Crippen molar-refractivity contribution < 1.29 is 4.79 Å². The Kier molecular flexibility index (Phi) is 9.65. The molecular formula is C13H27NO. The van der Waals surface area contributed by atoms with Gasteiger partial charge in [-0.05, 0) is 12.3 Å². The molecule has 0 N–H and O–H groups in total. The fourth-order valence-corrected chi connectivity index (χ4v) is 1.67. The molecular weight excluding hydrogens is 186 g/mol. The first-order chi connectivity index (χ1) is 7.16. The summed E-state index contributed by atoms with van der Waals surface area (Å²) in [5, 5.41) is 0. The van der Waals surface area contributed by atoms with Crippen LogP contribution in [0.5, 0.6) is 0 Å². The molecule has 15 heavy (non-hydrogen) atoms. The van der Waals surface area contributed by atoms with Crippen LogP contribution in [-0.2, 0) is 4.79 Å². The maximum absolute atomic E-state index is 10.3. The van der Waals surface area contributed by atoms with Crippen LogP contribution in [0.25, 0.3) is 0 Å². The number of carbonyl (C=O) groups is 1. The van der Waals surface area contributed by atoms with Crippen molar-refractivity contribution >= 4 is 6.41 Å². The molecule has 0 aromatic heterocycles. The van der Waals surface area contributed by atoms with Gasteiger partial charge in [-0.1, -0.05) is 52.4 Å². The van der Waals surface area contributed by atoms with E-state index < -0.39 is 0 Å². The average Bonchev–Trinajstić information content (AvgIpc) is 2.21. The summed E-state index contributed by atoms with van der Waals surface area (Å²) in [6, 6.07) is 0. The predicted octanol–water partition coefficient (Wildman–Crippen LogP) is 3.46. The number of unbranched alkanes of at least 4 members (excludes halogenated alkanes) is 5. The molecule has 0 unspecified atom stereocenters. The Hall–Kier alpha value is -0.530. The third-order valence-corrected chi connectivity index (χ3v) is 2.72. The first-order valence-electron chi connectivity index (χ1n) is 6.32. The summed E-state index contributed by atoms with van der Waals surface area (Å²) in [5.41, 5.74) is 0. The number of hydrogen-bond acceptors (Lipinski definition) is 1. The van der Waals surface area contributed by atoms with Crippen molar-refractivity contribution in [1.29, 1.82) is 0 Å². The van der Waals surface area contributed by atoms with Crippen molar-refractivity contribution in [2.75, 3.05) is 13.6 Å². The second kappa shape index (κ2) is 10.0. The molecule has 2 heteroatoms. The molecule has 0 atom stereocenters. The van der Waals surface area contributed by atoms with Crippen molar-refractivity contribution in [1.82, 2.24) is 4.90 Å². The third kappa shape index (κ3) is 11.4. The van der Waals surface area contributed by atoms with E-state index in [1.165, 1.54) is 38.5 Å². The van der Waals surface area contributed by atoms with Crippen LogP contribution >= 0.6 is 0 Å². The predicted molar refractivity (Wildman–Crippen MR) is 65.9 cm³/mol. The van der Waals surface area contributed by atoms with Gasteiger partial charge in [-0.25, -0.2) is 0 Å². The largest absolute Gasteiger partial charge is 0.348 e. The van der Waals surface area contributed by atoms with Crippen molar-refractivity contribution in [3.05, 3.63) is 0 Å². The van der Waals surface area contributed by atoms with Gasteiger partial charge in [-0.15, -0.1) is 0 Å². The Labute approximate surface area is 95.0 Å². The Morgan fingerprint density at radius 3 is 2.07 bits per heavy atom. The van der Waals surface area contributed by atoms with Crippen LogP contribution in [0.4, 0.5) is 0 Å². The highest BCUT2D eigenvalue weighted by Gasteiger charge is 1.96. The first-order valence-corrected chi connectivity index (χ1v) is 6.32. The zero-order chi connectivity index (χ0) is 11.5. The topological polar surface area (TPSA) is 20.3 Å². The minimum Gasteiger partial charge on any atom is -0.348 e. The summed E-state index contributed by atoms with van der Waals surface area (Å²) < 4.78 is 0. The molecule has 0 bridgehead atoms. The summed E-state index contributed by atoms with van der Waals surface area (Å²) in [7, 11) is 1.84. The van der Waals surface area contributed by atoms with Crippen LogP contribution in [0.15, 0.2) is 0 Å². The van der Waals surface area contributed by atoms with E-state index in [0.29, 0.717) is 0 Å². The van der Waals surface area contributed by atoms with Gasteiger partial charge in [0.1, 0.15) is 0 Å². The molecule has 0 aromatic rings. The smallest absolute Gasteiger partial charge is 0.209 e. The normalized spacial score (nSPS) is 10.7. The molecule has 0 aliphatic rings. The van der Waals surface area contributed by atoms with Gasteiger partial charge in [0.25, 0.3) is 0 Å². The van der Waals surface area contributed by atoms with Gasteiger partial charge < -0.3 is 4.90 Å². The van der Waals surface area contributed by atoms with Gasteiger partial charge in [0.2, 0.25) is 6.41 Å². The van der Waals surface area contributed by atoms with Gasteiger partial charge in [0, 0.05) is 13.6 Å². The second-order valence-electron chi connectivity index (χ2n) is 4.89. The number of rotatable bonds is 10. The zero-order valence-electron chi connectivity index (χ0n) is 10.7. The van der Waals surface area contributed by atoms with E-state index >= 15 is 0 Å². The molecule has 0 spiro atoms. The summed E-state index contributed by atoms with van der Waals surface area (Å²) in [6.45, 7) is 5.49. The lowest BCUT2D eigenvalue weighted by molar-refractivity contribution is -0.117. The summed E-state index contributed by atoms with van der Waals surface area (Å²) in [6.07, 6.45) is 10.1. The minimum atomic E-state index is 0.853. The van der Waals surface area contributed by atoms with Gasteiger partial charge in [0.05, 0.1) is 0 Å². The molecule has 0 radical (unpaired) electrons. The van der Waals surface area contributed by atoms with Crippen molar-refractivity contribution in [3.8, 4) is 0 Å². The van der Waals surface area contributed by atoms with E-state index in [0.717, 1.165) is 25.3 Å². The maximum atomic E-state index is 10.3. The standard InChI is InChI=1S/C13H27NO/c1-13(2)10-8-6-4-5-7-9-11-14(3)12-15/h12-13H,4-11H2,1-3H3. The minimum absolute atomic E-state index is 0.853. The Morgan fingerprint density at radius 2 is 1.53 bits per heavy atom. The highest BCUT2D eigenvalue weighted by atomic mass is 16.1. The third-order valence-electron chi connectivity index (χ3n) is 2.72. The molecule has 0 fully saturated rings. The molecule has 90 valence electrons. The number of nitrogens with zero attached hydrogens (tertiary/aromatic N) is 1. The van der Waals surface area contributed by atoms with Crippen LogP contribution < -0.4 is 0 Å². The quantitative estimate of drug-likeness (QED) is 0.402. The van der Waals surface area contributed by atoms with E-state index in [2.05, 4.69) is 13.8 Å². The molecule has 1 amide bonds. The Bertz CT molecular complexity index is 145. The van der Waals surface area contributed by atoms with Gasteiger partial charge in [-0.3, -0.25) is 4.79 Å². The Morgan fingerprint density at radius 1 is 1.00 bits per heavy atom. The summed E-state index contributed by atoms with van der Waals surface area (Å²) >= 11 is 0. The molecule has 0 aromatic carbocycles. The van der Waals surface area contributed by atoms with Crippen LogP contribution in [0.1, 0.15) is 58.8 Å². The van der Waals surface area contributed by atoms with Crippen LogP contribution in [0, 0.1) is 5.92 Å². The number of hydrogen-bond donors (Lipinski definition) is 0. The molecule has 0 heterocycles. The van der Waals surface area contributed by atoms with Crippen LogP contribution in [-0.4, -0.2) is 24.9 Å². The molecule has 0 saturated carbocycles. The second-order valence-corrected chi connectivity index (χ2v) is 4.89. The maximum Gasteiger partial charge on any atom is 0.209 e. The molecule has 0 saturated heterocycles. The van der Waals surface area contributed by atoms with E-state index in [1.807, 2.05) is 7.05 Å². The summed E-state index contributed by atoms with van der Waals surface area (Å²) in [5.74, 6) is 0.853. The zero-order valence-corrected chi connectivity index (χ0v) is 10.7. The van der Waals surface area contributed by atoms with E-state index in [4.69, 9.17) is 0 Å². The van der Waals surface area contributed by atoms with Crippen molar-refractivity contribution in [3.63, 3.8) is 0 Å². The highest BCUT2D eigenvalue weighted by molar-refractivity contribution is 5.46. The lowest BCUT2D eigenvalue weighted by Crippen LogP contribution is -2.16. The van der Waals surface area contributed by atoms with Crippen LogP contribution in [0.2, 0.25) is 0 Å². The number of amides is 1. The molecule has 2 nitrogen and oxygen atoms in total. The monoisotopic (exact) mass is 213 g/mol. The SMILES string of the molecule is CC(C)CCCCCCCCN(C)C=O. The fraction of sp³-hybridized carbons (Fsp3) is 0.923.